The van der Waals surface area contributed by atoms with E-state index in [1.165, 1.54) is 5.56 Å². The normalized spacial score (nSPS) is 14.1. The minimum atomic E-state index is -0.328. The van der Waals surface area contributed by atoms with Crippen LogP contribution in [0.5, 0.6) is 11.8 Å². The quantitative estimate of drug-likeness (QED) is 0.339. The molecule has 1 aliphatic rings. The van der Waals surface area contributed by atoms with Crippen LogP contribution in [0.1, 0.15) is 56.7 Å². The average Bonchev–Trinajstić information content (AvgIpc) is 2.74. The number of benzene rings is 1. The van der Waals surface area contributed by atoms with Crippen molar-refractivity contribution < 1.29 is 14.3 Å². The van der Waals surface area contributed by atoms with E-state index in [9.17, 15) is 4.79 Å². The van der Waals surface area contributed by atoms with Crippen LogP contribution in [0.15, 0.2) is 30.6 Å². The topological polar surface area (TPSA) is 61.3 Å². The highest BCUT2D eigenvalue weighted by molar-refractivity contribution is 8.17. The third-order valence-electron chi connectivity index (χ3n) is 4.47. The van der Waals surface area contributed by atoms with Gasteiger partial charge in [0.15, 0.2) is 0 Å². The number of hydrogen-bond donors (Lipinski definition) is 0. The molecule has 0 fully saturated rings. The molecule has 1 aromatic carbocycles. The van der Waals surface area contributed by atoms with Gasteiger partial charge < -0.3 is 9.47 Å². The smallest absolute Gasteiger partial charge is 0.324 e. The number of aromatic nitrogens is 2. The van der Waals surface area contributed by atoms with Crippen molar-refractivity contribution >= 4 is 29.5 Å². The van der Waals surface area contributed by atoms with Crippen LogP contribution in [0.2, 0.25) is 0 Å². The molecule has 0 atom stereocenters. The van der Waals surface area contributed by atoms with Gasteiger partial charge in [-0.2, -0.15) is 0 Å². The van der Waals surface area contributed by atoms with Gasteiger partial charge >= 0.3 is 12.0 Å². The van der Waals surface area contributed by atoms with Crippen LogP contribution in [0.3, 0.4) is 0 Å². The van der Waals surface area contributed by atoms with Gasteiger partial charge in [-0.1, -0.05) is 32.6 Å². The number of rotatable bonds is 7. The second-order valence-electron chi connectivity index (χ2n) is 6.66. The highest BCUT2D eigenvalue weighted by atomic mass is 32.2. The summed E-state index contributed by atoms with van der Waals surface area (Å²) in [7, 11) is 0. The molecule has 1 aliphatic heterocycles. The second-order valence-corrected chi connectivity index (χ2v) is 10.0. The zero-order valence-corrected chi connectivity index (χ0v) is 19.2. The predicted molar refractivity (Wildman–Crippen MR) is 123 cm³/mol. The van der Waals surface area contributed by atoms with Gasteiger partial charge in [-0.05, 0) is 36.1 Å². The Morgan fingerprint density at radius 3 is 2.50 bits per heavy atom. The molecule has 5 nitrogen and oxygen atoms in total. The molecule has 2 heterocycles. The number of ether oxygens (including phenoxy) is 2. The zero-order valence-electron chi connectivity index (χ0n) is 17.6. The van der Waals surface area contributed by atoms with Gasteiger partial charge in [0, 0.05) is 36.4 Å². The summed E-state index contributed by atoms with van der Waals surface area (Å²) in [6, 6.07) is 6.21. The van der Waals surface area contributed by atoms with Crippen molar-refractivity contribution in [2.24, 2.45) is 0 Å². The highest BCUT2D eigenvalue weighted by Crippen LogP contribution is 2.54. The van der Waals surface area contributed by atoms with Crippen LogP contribution in [0.4, 0.5) is 0 Å². The Hall–Kier alpha value is -2.17. The fourth-order valence-electron chi connectivity index (χ4n) is 3.20. The third kappa shape index (κ3) is 5.50. The maximum Gasteiger partial charge on any atom is 0.324 e. The first-order valence-corrected chi connectivity index (χ1v) is 12.2. The fraction of sp³-hybridized carbons (Fsp3) is 0.435. The molecule has 0 spiro atoms. The molecule has 0 unspecified atom stereocenters. The molecule has 3 rings (SSSR count). The molecule has 0 N–H and O–H groups in total. The SMILES string of the molecule is CCCC(=O)Oc1ncc(C#Cc2ccc3c(c2)C(SCC)(SCC)CCO3)cn1. The Morgan fingerprint density at radius 2 is 1.83 bits per heavy atom. The molecule has 0 bridgehead atoms. The molecule has 0 saturated carbocycles. The lowest BCUT2D eigenvalue weighted by atomic mass is 10.0. The van der Waals surface area contributed by atoms with Crippen molar-refractivity contribution in [1.82, 2.24) is 9.97 Å². The largest absolute Gasteiger partial charge is 0.493 e. The first-order chi connectivity index (χ1) is 14.6. The number of nitrogens with zero attached hydrogens (tertiary/aromatic N) is 2. The molecule has 0 saturated heterocycles. The Morgan fingerprint density at radius 1 is 1.13 bits per heavy atom. The minimum Gasteiger partial charge on any atom is -0.493 e. The zero-order chi connectivity index (χ0) is 21.4. The van der Waals surface area contributed by atoms with E-state index in [0.29, 0.717) is 12.0 Å². The molecule has 30 heavy (non-hydrogen) atoms. The van der Waals surface area contributed by atoms with Crippen LogP contribution in [0, 0.1) is 11.8 Å². The van der Waals surface area contributed by atoms with Gasteiger partial charge in [-0.25, -0.2) is 9.97 Å². The van der Waals surface area contributed by atoms with E-state index < -0.39 is 0 Å². The van der Waals surface area contributed by atoms with E-state index in [1.54, 1.807) is 12.4 Å². The molecule has 1 aromatic heterocycles. The van der Waals surface area contributed by atoms with Crippen LogP contribution >= 0.6 is 23.5 Å². The number of carbonyl (C=O) groups excluding carboxylic acids is 1. The summed E-state index contributed by atoms with van der Waals surface area (Å²) >= 11 is 3.95. The predicted octanol–water partition coefficient (Wildman–Crippen LogP) is 5.02. The average molecular weight is 443 g/mol. The summed E-state index contributed by atoms with van der Waals surface area (Å²) in [6.07, 6.45) is 5.20. The molecular weight excluding hydrogens is 416 g/mol. The lowest BCUT2D eigenvalue weighted by molar-refractivity contribution is -0.134. The van der Waals surface area contributed by atoms with Crippen LogP contribution < -0.4 is 9.47 Å². The molecule has 7 heteroatoms. The fourth-order valence-corrected chi connectivity index (χ4v) is 6.26. The Bertz CT molecular complexity index is 930. The van der Waals surface area contributed by atoms with Crippen molar-refractivity contribution in [1.29, 1.82) is 0 Å². The van der Waals surface area contributed by atoms with Crippen LogP contribution in [0.25, 0.3) is 0 Å². The second kappa shape index (κ2) is 10.7. The van der Waals surface area contributed by atoms with Gasteiger partial charge in [0.25, 0.3) is 0 Å². The minimum absolute atomic E-state index is 0.0158. The Labute approximate surface area is 186 Å². The summed E-state index contributed by atoms with van der Waals surface area (Å²) in [5, 5.41) is 0. The maximum absolute atomic E-state index is 11.5. The summed E-state index contributed by atoms with van der Waals surface area (Å²) < 4.78 is 11.0. The Balaban J connectivity index is 1.80. The summed E-state index contributed by atoms with van der Waals surface area (Å²) in [5.41, 5.74) is 2.81. The van der Waals surface area contributed by atoms with Gasteiger partial charge in [-0.3, -0.25) is 4.79 Å². The molecule has 0 amide bonds. The summed E-state index contributed by atoms with van der Waals surface area (Å²) in [6.45, 7) is 7.05. The van der Waals surface area contributed by atoms with Crippen LogP contribution in [-0.4, -0.2) is 34.0 Å². The molecule has 0 aliphatic carbocycles. The summed E-state index contributed by atoms with van der Waals surface area (Å²) in [4.78, 5) is 19.7. The third-order valence-corrected chi connectivity index (χ3v) is 7.54. The van der Waals surface area contributed by atoms with Crippen molar-refractivity contribution in [2.45, 2.75) is 44.1 Å². The van der Waals surface area contributed by atoms with Gasteiger partial charge in [0.1, 0.15) is 5.75 Å². The first kappa shape index (κ1) is 22.5. The summed E-state index contributed by atoms with van der Waals surface area (Å²) in [5.74, 6) is 9.02. The molecular formula is C23H26N2O3S2. The van der Waals surface area contributed by atoms with Crippen LogP contribution in [-0.2, 0) is 8.87 Å². The number of esters is 1. The monoisotopic (exact) mass is 442 g/mol. The lowest BCUT2D eigenvalue weighted by Crippen LogP contribution is -2.27. The highest BCUT2D eigenvalue weighted by Gasteiger charge is 2.38. The Kier molecular flexibility index (Phi) is 8.06. The van der Waals surface area contributed by atoms with E-state index >= 15 is 0 Å². The first-order valence-electron chi connectivity index (χ1n) is 10.2. The molecule has 0 radical (unpaired) electrons. The van der Waals surface area contributed by atoms with E-state index in [4.69, 9.17) is 9.47 Å². The van der Waals surface area contributed by atoms with E-state index in [1.807, 2.05) is 42.6 Å². The number of thioether (sulfide) groups is 2. The van der Waals surface area contributed by atoms with E-state index in [2.05, 4.69) is 41.7 Å². The lowest BCUT2D eigenvalue weighted by Gasteiger charge is -2.37. The van der Waals surface area contributed by atoms with Gasteiger partial charge in [0.05, 0.1) is 16.2 Å². The van der Waals surface area contributed by atoms with Crippen molar-refractivity contribution in [2.75, 3.05) is 18.1 Å². The number of carbonyl (C=O) groups is 1. The van der Waals surface area contributed by atoms with E-state index in [-0.39, 0.29) is 16.1 Å². The van der Waals surface area contributed by atoms with E-state index in [0.717, 1.165) is 42.3 Å². The maximum atomic E-state index is 11.5. The molecule has 2 aromatic rings. The van der Waals surface area contributed by atoms with Crippen molar-refractivity contribution in [3.8, 4) is 23.6 Å². The van der Waals surface area contributed by atoms with Crippen molar-refractivity contribution in [3.05, 3.63) is 47.3 Å². The molecule has 158 valence electrons. The number of fused-ring (bicyclic) bond motifs is 1. The van der Waals surface area contributed by atoms with Gasteiger partial charge in [0.2, 0.25) is 0 Å². The van der Waals surface area contributed by atoms with Gasteiger partial charge in [-0.15, -0.1) is 23.5 Å². The standard InChI is InChI=1S/C23H26N2O3S2/c1-4-7-21(26)28-22-24-15-18(16-25-22)9-8-17-10-11-20-19(14-17)23(29-5-2,30-6-3)12-13-27-20/h10-11,14-16H,4-7,12-13H2,1-3H3. The van der Waals surface area contributed by atoms with Crippen molar-refractivity contribution in [3.63, 3.8) is 0 Å². The number of hydrogen-bond acceptors (Lipinski definition) is 7.